The van der Waals surface area contributed by atoms with Gasteiger partial charge in [-0.25, -0.2) is 4.21 Å². The van der Waals surface area contributed by atoms with Gasteiger partial charge in [0.1, 0.15) is 21.9 Å². The molecule has 156 valence electrons. The van der Waals surface area contributed by atoms with E-state index in [-0.39, 0.29) is 11.5 Å². The third kappa shape index (κ3) is 4.10. The summed E-state index contributed by atoms with van der Waals surface area (Å²) in [5.41, 5.74) is 0.0203. The second-order valence-corrected chi connectivity index (χ2v) is 11.7. The molecule has 2 saturated heterocycles. The van der Waals surface area contributed by atoms with E-state index < -0.39 is 43.2 Å². The van der Waals surface area contributed by atoms with Crippen LogP contribution in [-0.4, -0.2) is 42.7 Å². The van der Waals surface area contributed by atoms with E-state index in [1.807, 2.05) is 6.92 Å². The molecule has 2 fully saturated rings. The van der Waals surface area contributed by atoms with Crippen LogP contribution in [0.5, 0.6) is 0 Å². The molecular weight excluding hydrogens is 414 g/mol. The number of benzene rings is 2. The van der Waals surface area contributed by atoms with Crippen molar-refractivity contribution in [1.29, 1.82) is 0 Å². The Bertz CT molecular complexity index is 1120. The van der Waals surface area contributed by atoms with E-state index in [2.05, 4.69) is 3.77 Å². The Morgan fingerprint density at radius 2 is 1.62 bits per heavy atom. The molecule has 0 bridgehead atoms. The first-order valence-electron chi connectivity index (χ1n) is 9.22. The number of epoxide rings is 1. The first kappa shape index (κ1) is 20.5. The van der Waals surface area contributed by atoms with Gasteiger partial charge < -0.3 is 14.2 Å². The summed E-state index contributed by atoms with van der Waals surface area (Å²) in [6.07, 6.45) is -0.988. The van der Waals surface area contributed by atoms with Crippen LogP contribution in [0, 0.1) is 6.92 Å². The van der Waals surface area contributed by atoms with Crippen molar-refractivity contribution in [2.45, 2.75) is 54.0 Å². The Balaban J connectivity index is 1.74. The van der Waals surface area contributed by atoms with Crippen molar-refractivity contribution < 1.29 is 26.8 Å². The maximum Gasteiger partial charge on any atom is 0.290 e. The highest BCUT2D eigenvalue weighted by Gasteiger charge is 2.56. The van der Waals surface area contributed by atoms with Crippen molar-refractivity contribution in [2.24, 2.45) is 3.77 Å². The number of aryl methyl sites for hydroxylation is 1. The molecule has 0 aliphatic carbocycles. The van der Waals surface area contributed by atoms with Gasteiger partial charge in [-0.3, -0.25) is 0 Å². The van der Waals surface area contributed by atoms with E-state index in [0.29, 0.717) is 4.90 Å². The average Bonchev–Trinajstić information content (AvgIpc) is 3.40. The van der Waals surface area contributed by atoms with Gasteiger partial charge in [-0.1, -0.05) is 39.7 Å². The highest BCUT2D eigenvalue weighted by Crippen LogP contribution is 2.41. The van der Waals surface area contributed by atoms with Gasteiger partial charge in [0, 0.05) is 0 Å². The Morgan fingerprint density at radius 3 is 2.21 bits per heavy atom. The molecular formula is C20H23NO6S2. The zero-order chi connectivity index (χ0) is 20.9. The van der Waals surface area contributed by atoms with E-state index in [4.69, 9.17) is 14.2 Å². The van der Waals surface area contributed by atoms with Crippen LogP contribution in [0.3, 0.4) is 0 Å². The van der Waals surface area contributed by atoms with Crippen LogP contribution in [-0.2, 0) is 34.0 Å². The largest absolute Gasteiger partial charge is 0.351 e. The van der Waals surface area contributed by atoms with Crippen molar-refractivity contribution >= 4 is 19.8 Å². The van der Waals surface area contributed by atoms with Crippen LogP contribution in [0.2, 0.25) is 0 Å². The zero-order valence-electron chi connectivity index (χ0n) is 16.3. The highest BCUT2D eigenvalue weighted by molar-refractivity contribution is 8.03. The summed E-state index contributed by atoms with van der Waals surface area (Å²) < 4.78 is 60.8. The Hall–Kier alpha value is -1.78. The van der Waals surface area contributed by atoms with E-state index in [0.717, 1.165) is 5.56 Å². The molecule has 1 unspecified atom stereocenters. The number of hydrogen-bond donors (Lipinski definition) is 0. The minimum atomic E-state index is -4.16. The van der Waals surface area contributed by atoms with Gasteiger partial charge in [-0.15, -0.1) is 0 Å². The van der Waals surface area contributed by atoms with Crippen molar-refractivity contribution in [2.75, 3.05) is 6.61 Å². The topological polar surface area (TPSA) is 94.6 Å². The van der Waals surface area contributed by atoms with E-state index in [1.165, 1.54) is 12.1 Å². The lowest BCUT2D eigenvalue weighted by Gasteiger charge is -2.16. The molecule has 2 heterocycles. The summed E-state index contributed by atoms with van der Waals surface area (Å²) in [6, 6.07) is 14.6. The first-order chi connectivity index (χ1) is 13.6. The van der Waals surface area contributed by atoms with Crippen molar-refractivity contribution in [3.8, 4) is 0 Å². The number of hydrogen-bond acceptors (Lipinski definition) is 6. The molecule has 2 aliphatic heterocycles. The zero-order valence-corrected chi connectivity index (χ0v) is 18.0. The number of ether oxygens (including phenoxy) is 3. The minimum Gasteiger partial charge on any atom is -0.351 e. The fraction of sp³-hybridized carbons (Fsp3) is 0.400. The molecule has 0 saturated carbocycles. The van der Waals surface area contributed by atoms with Crippen LogP contribution in [0.15, 0.2) is 68.2 Å². The van der Waals surface area contributed by atoms with Crippen LogP contribution < -0.4 is 0 Å². The summed E-state index contributed by atoms with van der Waals surface area (Å²) in [7, 11) is -7.59. The maximum absolute atomic E-state index is 14.0. The molecule has 2 aliphatic rings. The lowest BCUT2D eigenvalue weighted by Crippen LogP contribution is -2.27. The fourth-order valence-corrected chi connectivity index (χ4v) is 7.55. The third-order valence-electron chi connectivity index (χ3n) is 4.80. The monoisotopic (exact) mass is 437 g/mol. The molecule has 4 atom stereocenters. The highest BCUT2D eigenvalue weighted by atomic mass is 32.3. The van der Waals surface area contributed by atoms with Crippen LogP contribution in [0.4, 0.5) is 0 Å². The Kier molecular flexibility index (Phi) is 5.07. The Labute approximate surface area is 171 Å². The average molecular weight is 438 g/mol. The Morgan fingerprint density at radius 1 is 0.966 bits per heavy atom. The standard InChI is InChI=1S/C20H23NO6S2/c1-14-9-11-16(12-10-14)29(23,24)21-28(22,15-7-5-4-6-8-15)19-18(26-19)17-13-25-20(2,3)27-17/h4-12,17-19H,13H2,1-3H3/t17-,18+,19+,28?/m1/s1. The van der Waals surface area contributed by atoms with E-state index in [1.54, 1.807) is 56.3 Å². The smallest absolute Gasteiger partial charge is 0.290 e. The molecule has 0 N–H and O–H groups in total. The van der Waals surface area contributed by atoms with Crippen molar-refractivity contribution in [1.82, 2.24) is 0 Å². The molecule has 4 rings (SSSR count). The third-order valence-corrected chi connectivity index (χ3v) is 9.30. The fourth-order valence-electron chi connectivity index (χ4n) is 3.24. The molecule has 2 aromatic carbocycles. The predicted molar refractivity (Wildman–Crippen MR) is 107 cm³/mol. The quantitative estimate of drug-likeness (QED) is 0.667. The van der Waals surface area contributed by atoms with Gasteiger partial charge in [0.15, 0.2) is 11.2 Å². The number of rotatable bonds is 5. The molecule has 0 spiro atoms. The van der Waals surface area contributed by atoms with Gasteiger partial charge in [-0.05, 0) is 45.0 Å². The summed E-state index contributed by atoms with van der Waals surface area (Å²) in [4.78, 5) is 0.298. The summed E-state index contributed by atoms with van der Waals surface area (Å²) >= 11 is 0. The molecule has 7 nitrogen and oxygen atoms in total. The molecule has 9 heteroatoms. The van der Waals surface area contributed by atoms with Gasteiger partial charge in [-0.2, -0.15) is 8.42 Å². The van der Waals surface area contributed by atoms with Crippen LogP contribution >= 0.6 is 0 Å². The summed E-state index contributed by atoms with van der Waals surface area (Å²) in [5, 5.41) is 0. The van der Waals surface area contributed by atoms with Gasteiger partial charge in [0.25, 0.3) is 10.0 Å². The van der Waals surface area contributed by atoms with Crippen molar-refractivity contribution in [3.63, 3.8) is 0 Å². The van der Waals surface area contributed by atoms with Crippen molar-refractivity contribution in [3.05, 3.63) is 60.2 Å². The molecule has 0 amide bonds. The van der Waals surface area contributed by atoms with E-state index in [9.17, 15) is 12.6 Å². The SMILES string of the molecule is Cc1ccc(S(=O)(=O)N=S(=O)(c2ccccc2)[C@@H]2O[C@H]2[C@H]2COC(C)(C)O2)cc1. The minimum absolute atomic E-state index is 0.00876. The first-order valence-corrected chi connectivity index (χ1v) is 12.2. The predicted octanol–water partition coefficient (Wildman–Crippen LogP) is 3.09. The number of sulfonamides is 1. The lowest BCUT2D eigenvalue weighted by molar-refractivity contribution is -0.140. The van der Waals surface area contributed by atoms with Crippen LogP contribution in [0.1, 0.15) is 19.4 Å². The van der Waals surface area contributed by atoms with Gasteiger partial charge in [0.05, 0.1) is 16.4 Å². The van der Waals surface area contributed by atoms with Crippen LogP contribution in [0.25, 0.3) is 0 Å². The number of nitrogens with zero attached hydrogens (tertiary/aromatic N) is 1. The van der Waals surface area contributed by atoms with Gasteiger partial charge in [0.2, 0.25) is 0 Å². The summed E-state index contributed by atoms with van der Waals surface area (Å²) in [6.45, 7) is 5.70. The van der Waals surface area contributed by atoms with E-state index >= 15 is 0 Å². The molecule has 0 radical (unpaired) electrons. The molecule has 2 aromatic rings. The van der Waals surface area contributed by atoms with Gasteiger partial charge >= 0.3 is 0 Å². The maximum atomic E-state index is 14.0. The molecule has 29 heavy (non-hydrogen) atoms. The second-order valence-electron chi connectivity index (χ2n) is 7.58. The molecule has 0 aromatic heterocycles. The lowest BCUT2D eigenvalue weighted by atomic mass is 10.2. The summed E-state index contributed by atoms with van der Waals surface area (Å²) in [5.74, 6) is -0.764. The normalized spacial score (nSPS) is 27.9. The second kappa shape index (κ2) is 7.17.